The molecule has 32 heavy (non-hydrogen) atoms. The van der Waals surface area contributed by atoms with Gasteiger partial charge in [0, 0.05) is 32.2 Å². The molecule has 2 aliphatic heterocycles. The second-order valence-corrected chi connectivity index (χ2v) is 8.30. The summed E-state index contributed by atoms with van der Waals surface area (Å²) in [5, 5.41) is 3.62. The van der Waals surface area contributed by atoms with Crippen molar-refractivity contribution < 1.29 is 14.3 Å². The number of nitrogens with one attached hydrogen (secondary N) is 1. The van der Waals surface area contributed by atoms with Crippen LogP contribution < -0.4 is 10.1 Å². The normalized spacial score (nSPS) is 19.1. The van der Waals surface area contributed by atoms with Gasteiger partial charge in [-0.25, -0.2) is 0 Å². The van der Waals surface area contributed by atoms with Gasteiger partial charge in [-0.1, -0.05) is 24.6 Å². The Kier molecular flexibility index (Phi) is 11.6. The van der Waals surface area contributed by atoms with Crippen molar-refractivity contribution in [2.45, 2.75) is 45.1 Å². The number of esters is 1. The average Bonchev–Trinajstić information content (AvgIpc) is 2.83. The third-order valence-corrected chi connectivity index (χ3v) is 6.41. The van der Waals surface area contributed by atoms with Crippen LogP contribution in [0.2, 0.25) is 0 Å². The van der Waals surface area contributed by atoms with Crippen LogP contribution in [0.5, 0.6) is 5.75 Å². The molecule has 2 heterocycles. The van der Waals surface area contributed by atoms with E-state index in [0.717, 1.165) is 57.3 Å². The Morgan fingerprint density at radius 1 is 1.16 bits per heavy atom. The van der Waals surface area contributed by atoms with E-state index in [-0.39, 0.29) is 41.9 Å². The van der Waals surface area contributed by atoms with E-state index in [1.54, 1.807) is 7.11 Å². The molecule has 1 aromatic rings. The van der Waals surface area contributed by atoms with E-state index in [9.17, 15) is 4.79 Å². The Labute approximate surface area is 209 Å². The van der Waals surface area contributed by atoms with Gasteiger partial charge in [0.15, 0.2) is 5.96 Å². The first-order valence-corrected chi connectivity index (χ1v) is 11.7. The van der Waals surface area contributed by atoms with Crippen LogP contribution in [0.4, 0.5) is 0 Å². The molecule has 0 radical (unpaired) electrons. The fraction of sp³-hybridized carbons (Fsp3) is 0.667. The molecule has 2 saturated heterocycles. The molecule has 180 valence electrons. The highest BCUT2D eigenvalue weighted by Crippen LogP contribution is 2.31. The summed E-state index contributed by atoms with van der Waals surface area (Å²) in [6.07, 6.45) is 5.40. The minimum atomic E-state index is -0.0635. The first-order valence-electron chi connectivity index (χ1n) is 11.7. The van der Waals surface area contributed by atoms with Gasteiger partial charge in [0.2, 0.25) is 0 Å². The number of likely N-dealkylation sites (tertiary alicyclic amines) is 2. The van der Waals surface area contributed by atoms with Gasteiger partial charge in [-0.3, -0.25) is 14.7 Å². The SMILES string of the molecule is CCOC(=O)C1CCN(C(=NC)NCC(c2ccccc2OC)N2CCCCC2)CC1.I. The molecule has 3 rings (SSSR count). The number of nitrogens with zero attached hydrogens (tertiary/aromatic N) is 3. The van der Waals surface area contributed by atoms with Gasteiger partial charge in [0.25, 0.3) is 0 Å². The molecule has 7 nitrogen and oxygen atoms in total. The van der Waals surface area contributed by atoms with E-state index < -0.39 is 0 Å². The Bertz CT molecular complexity index is 732. The molecule has 0 saturated carbocycles. The number of benzene rings is 1. The maximum absolute atomic E-state index is 12.0. The summed E-state index contributed by atoms with van der Waals surface area (Å²) in [4.78, 5) is 21.4. The van der Waals surface area contributed by atoms with Crippen molar-refractivity contribution in [3.63, 3.8) is 0 Å². The molecule has 2 aliphatic rings. The fourth-order valence-electron chi connectivity index (χ4n) is 4.71. The standard InChI is InChI=1S/C24H38N4O3.HI/c1-4-31-23(29)19-12-16-28(17-13-19)24(25-2)26-18-21(27-14-8-5-9-15-27)20-10-6-7-11-22(20)30-3;/h6-7,10-11,19,21H,4-5,8-9,12-18H2,1-3H3,(H,25,26);1H. The molecular weight excluding hydrogens is 519 g/mol. The topological polar surface area (TPSA) is 66.4 Å². The lowest BCUT2D eigenvalue weighted by atomic mass is 9.97. The third kappa shape index (κ3) is 6.97. The van der Waals surface area contributed by atoms with Crippen LogP contribution in [0.3, 0.4) is 0 Å². The summed E-state index contributed by atoms with van der Waals surface area (Å²) in [7, 11) is 3.57. The van der Waals surface area contributed by atoms with Crippen molar-refractivity contribution in [2.24, 2.45) is 10.9 Å². The molecule has 1 atom stereocenters. The van der Waals surface area contributed by atoms with Gasteiger partial charge in [-0.15, -0.1) is 24.0 Å². The molecule has 0 spiro atoms. The van der Waals surface area contributed by atoms with E-state index in [1.807, 2.05) is 26.1 Å². The molecule has 0 bridgehead atoms. The predicted octanol–water partition coefficient (Wildman–Crippen LogP) is 3.69. The maximum atomic E-state index is 12.0. The van der Waals surface area contributed by atoms with E-state index in [1.165, 1.54) is 24.8 Å². The number of aliphatic imine (C=N–C) groups is 1. The minimum absolute atomic E-state index is 0. The number of piperidine rings is 2. The molecule has 0 amide bonds. The lowest BCUT2D eigenvalue weighted by Crippen LogP contribution is -2.49. The Morgan fingerprint density at radius 3 is 2.47 bits per heavy atom. The average molecular weight is 559 g/mol. The summed E-state index contributed by atoms with van der Waals surface area (Å²) in [6.45, 7) is 6.91. The van der Waals surface area contributed by atoms with Gasteiger partial charge in [0.1, 0.15) is 5.75 Å². The highest BCUT2D eigenvalue weighted by Gasteiger charge is 2.29. The Hall–Kier alpha value is -1.55. The Morgan fingerprint density at radius 2 is 1.84 bits per heavy atom. The quantitative estimate of drug-likeness (QED) is 0.239. The second-order valence-electron chi connectivity index (χ2n) is 8.30. The van der Waals surface area contributed by atoms with Gasteiger partial charge in [0.05, 0.1) is 25.7 Å². The molecule has 0 aliphatic carbocycles. The van der Waals surface area contributed by atoms with Crippen molar-refractivity contribution in [3.05, 3.63) is 29.8 Å². The van der Waals surface area contributed by atoms with E-state index in [2.05, 4.69) is 32.2 Å². The molecule has 2 fully saturated rings. The van der Waals surface area contributed by atoms with Crippen LogP contribution in [0, 0.1) is 5.92 Å². The molecular formula is C24H39IN4O3. The van der Waals surface area contributed by atoms with Gasteiger partial charge >= 0.3 is 5.97 Å². The van der Waals surface area contributed by atoms with Crippen LogP contribution in [0.1, 0.15) is 50.6 Å². The van der Waals surface area contributed by atoms with Crippen molar-refractivity contribution >= 4 is 35.9 Å². The summed E-state index contributed by atoms with van der Waals surface area (Å²) < 4.78 is 10.9. The number of guanidine groups is 1. The minimum Gasteiger partial charge on any atom is -0.496 e. The molecule has 1 aromatic carbocycles. The van der Waals surface area contributed by atoms with Crippen molar-refractivity contribution in [1.82, 2.24) is 15.1 Å². The lowest BCUT2D eigenvalue weighted by Gasteiger charge is -2.37. The van der Waals surface area contributed by atoms with Crippen molar-refractivity contribution in [1.29, 1.82) is 0 Å². The lowest BCUT2D eigenvalue weighted by molar-refractivity contribution is -0.149. The van der Waals surface area contributed by atoms with E-state index in [0.29, 0.717) is 6.61 Å². The smallest absolute Gasteiger partial charge is 0.309 e. The number of rotatable bonds is 7. The highest BCUT2D eigenvalue weighted by molar-refractivity contribution is 14.0. The Balaban J connectivity index is 0.00000363. The number of hydrogen-bond acceptors (Lipinski definition) is 5. The highest BCUT2D eigenvalue weighted by atomic mass is 127. The maximum Gasteiger partial charge on any atom is 0.309 e. The second kappa shape index (κ2) is 13.9. The molecule has 8 heteroatoms. The zero-order valence-corrected chi connectivity index (χ0v) is 22.0. The number of halogens is 1. The number of carbonyl (C=O) groups is 1. The first-order chi connectivity index (χ1) is 15.2. The molecule has 1 N–H and O–H groups in total. The molecule has 0 aromatic heterocycles. The number of hydrogen-bond donors (Lipinski definition) is 1. The van der Waals surface area contributed by atoms with Crippen molar-refractivity contribution in [2.75, 3.05) is 53.5 Å². The monoisotopic (exact) mass is 558 g/mol. The van der Waals surface area contributed by atoms with Gasteiger partial charge < -0.3 is 19.7 Å². The van der Waals surface area contributed by atoms with Crippen LogP contribution in [0.25, 0.3) is 0 Å². The van der Waals surface area contributed by atoms with E-state index in [4.69, 9.17) is 9.47 Å². The zero-order chi connectivity index (χ0) is 22.1. The van der Waals surface area contributed by atoms with Crippen molar-refractivity contribution in [3.8, 4) is 5.75 Å². The number of ether oxygens (including phenoxy) is 2. The van der Waals surface area contributed by atoms with E-state index >= 15 is 0 Å². The number of para-hydroxylation sites is 1. The van der Waals surface area contributed by atoms with Gasteiger partial charge in [-0.2, -0.15) is 0 Å². The summed E-state index contributed by atoms with van der Waals surface area (Å²) in [5.74, 6) is 1.78. The van der Waals surface area contributed by atoms with Crippen LogP contribution in [0.15, 0.2) is 29.3 Å². The summed E-state index contributed by atoms with van der Waals surface area (Å²) in [6, 6.07) is 8.55. The largest absolute Gasteiger partial charge is 0.496 e. The van der Waals surface area contributed by atoms with Crippen LogP contribution in [-0.2, 0) is 9.53 Å². The number of methoxy groups -OCH3 is 1. The van der Waals surface area contributed by atoms with Crippen LogP contribution >= 0.6 is 24.0 Å². The summed E-state index contributed by atoms with van der Waals surface area (Å²) >= 11 is 0. The third-order valence-electron chi connectivity index (χ3n) is 6.41. The first kappa shape index (κ1) is 26.7. The number of carbonyl (C=O) groups excluding carboxylic acids is 1. The summed E-state index contributed by atoms with van der Waals surface area (Å²) in [5.41, 5.74) is 1.22. The van der Waals surface area contributed by atoms with Gasteiger partial charge in [-0.05, 0) is 51.8 Å². The molecule has 1 unspecified atom stereocenters. The predicted molar refractivity (Wildman–Crippen MR) is 139 cm³/mol. The fourth-order valence-corrected chi connectivity index (χ4v) is 4.71. The van der Waals surface area contributed by atoms with Crippen LogP contribution in [-0.4, -0.2) is 75.2 Å². The zero-order valence-electron chi connectivity index (χ0n) is 19.7.